The normalized spacial score (nSPS) is 10.5. The summed E-state index contributed by atoms with van der Waals surface area (Å²) in [5.74, 6) is 1.64. The van der Waals surface area contributed by atoms with E-state index in [0.717, 1.165) is 0 Å². The molecule has 2 heteroatoms. The molecule has 0 aliphatic heterocycles. The lowest BCUT2D eigenvalue weighted by molar-refractivity contribution is 0.520. The molecule has 0 heterocycles. The molecule has 0 atom stereocenters. The minimum Gasteiger partial charge on any atom is -0.232 e. The van der Waals surface area contributed by atoms with Crippen LogP contribution in [0.5, 0.6) is 0 Å². The van der Waals surface area contributed by atoms with Gasteiger partial charge in [0.05, 0.1) is 0 Å². The molecule has 0 unspecified atom stereocenters. The van der Waals surface area contributed by atoms with E-state index < -0.39 is 0 Å². The predicted molar refractivity (Wildman–Crippen MR) is 34.5 cm³/mol. The first-order valence-corrected chi connectivity index (χ1v) is 2.77. The van der Waals surface area contributed by atoms with Gasteiger partial charge in [0.25, 0.3) is 0 Å². The van der Waals surface area contributed by atoms with Gasteiger partial charge in [-0.05, 0) is 0 Å². The fourth-order valence-electron chi connectivity index (χ4n) is 0.153. The third-order valence-corrected chi connectivity index (χ3v) is 1.39. The van der Waals surface area contributed by atoms with E-state index in [4.69, 9.17) is 11.6 Å². The van der Waals surface area contributed by atoms with Gasteiger partial charge in [0.15, 0.2) is 0 Å². The largest absolute Gasteiger partial charge is 0.232 e. The molecule has 0 saturated heterocycles. The second-order valence-corrected chi connectivity index (χ2v) is 3.04. The molecule has 0 radical (unpaired) electrons. The predicted octanol–water partition coefficient (Wildman–Crippen LogP) is 1.99. The maximum atomic E-state index is 9.86. The molecule has 0 aliphatic carbocycles. The van der Waals surface area contributed by atoms with Crippen LogP contribution in [0.25, 0.3) is 0 Å². The summed E-state index contributed by atoms with van der Waals surface area (Å²) in [5.41, 5.74) is -0.233. The van der Waals surface area contributed by atoms with E-state index in [1.807, 2.05) is 20.8 Å². The SMILES string of the molecule is CC(C)(C)C(Cl)=C=O. The zero-order valence-corrected chi connectivity index (χ0v) is 6.04. The second-order valence-electron chi connectivity index (χ2n) is 2.67. The molecular weight excluding hydrogens is 124 g/mol. The molecule has 1 nitrogen and oxygen atoms in total. The van der Waals surface area contributed by atoms with Gasteiger partial charge in [0, 0.05) is 5.41 Å². The number of halogens is 1. The number of allylic oxidation sites excluding steroid dienone is 1. The van der Waals surface area contributed by atoms with Crippen LogP contribution in [0.15, 0.2) is 5.03 Å². The van der Waals surface area contributed by atoms with Crippen molar-refractivity contribution < 1.29 is 4.79 Å². The zero-order valence-electron chi connectivity index (χ0n) is 5.29. The number of carbonyl (C=O) groups excluding carboxylic acids is 1. The Bertz CT molecular complexity index is 126. The number of hydrogen-bond donors (Lipinski definition) is 0. The first kappa shape index (κ1) is 7.74. The van der Waals surface area contributed by atoms with E-state index in [2.05, 4.69) is 0 Å². The molecule has 0 aromatic carbocycles. The summed E-state index contributed by atoms with van der Waals surface area (Å²) in [7, 11) is 0. The summed E-state index contributed by atoms with van der Waals surface area (Å²) >= 11 is 5.43. The third-order valence-electron chi connectivity index (χ3n) is 0.748. The van der Waals surface area contributed by atoms with Crippen molar-refractivity contribution in [1.29, 1.82) is 0 Å². The van der Waals surface area contributed by atoms with Crippen molar-refractivity contribution in [2.24, 2.45) is 5.41 Å². The molecule has 0 rings (SSSR count). The minimum atomic E-state index is -0.233. The number of rotatable bonds is 0. The average Bonchev–Trinajstić information content (AvgIpc) is 1.62. The van der Waals surface area contributed by atoms with Crippen molar-refractivity contribution in [2.45, 2.75) is 20.8 Å². The first-order valence-electron chi connectivity index (χ1n) is 2.39. The van der Waals surface area contributed by atoms with Gasteiger partial charge >= 0.3 is 0 Å². The summed E-state index contributed by atoms with van der Waals surface area (Å²) in [4.78, 5) is 9.86. The summed E-state index contributed by atoms with van der Waals surface area (Å²) in [5, 5.41) is 0.248. The van der Waals surface area contributed by atoms with Gasteiger partial charge in [0.2, 0.25) is 0 Å². The Labute approximate surface area is 54.3 Å². The molecule has 0 aromatic heterocycles. The molecule has 0 N–H and O–H groups in total. The molecule has 8 heavy (non-hydrogen) atoms. The lowest BCUT2D eigenvalue weighted by atomic mass is 9.97. The van der Waals surface area contributed by atoms with Gasteiger partial charge in [-0.25, -0.2) is 4.79 Å². The minimum absolute atomic E-state index is 0.233. The lowest BCUT2D eigenvalue weighted by Gasteiger charge is -2.12. The summed E-state index contributed by atoms with van der Waals surface area (Å²) in [6, 6.07) is 0. The summed E-state index contributed by atoms with van der Waals surface area (Å²) in [6.07, 6.45) is 0. The van der Waals surface area contributed by atoms with Gasteiger partial charge in [-0.15, -0.1) is 0 Å². The van der Waals surface area contributed by atoms with Crippen molar-refractivity contribution in [3.8, 4) is 0 Å². The van der Waals surface area contributed by atoms with Gasteiger partial charge in [-0.1, -0.05) is 32.4 Å². The molecule has 46 valence electrons. The maximum Gasteiger partial charge on any atom is 0.140 e. The van der Waals surface area contributed by atoms with Crippen molar-refractivity contribution in [3.63, 3.8) is 0 Å². The van der Waals surface area contributed by atoms with Crippen LogP contribution >= 0.6 is 11.6 Å². The van der Waals surface area contributed by atoms with Crippen LogP contribution in [0, 0.1) is 5.41 Å². The molecule has 0 saturated carbocycles. The Morgan fingerprint density at radius 3 is 1.88 bits per heavy atom. The number of hydrogen-bond acceptors (Lipinski definition) is 1. The zero-order chi connectivity index (χ0) is 6.78. The highest BCUT2D eigenvalue weighted by Gasteiger charge is 2.14. The van der Waals surface area contributed by atoms with E-state index in [1.54, 1.807) is 5.94 Å². The van der Waals surface area contributed by atoms with Gasteiger partial charge < -0.3 is 0 Å². The van der Waals surface area contributed by atoms with E-state index in [0.29, 0.717) is 0 Å². The van der Waals surface area contributed by atoms with E-state index in [9.17, 15) is 4.79 Å². The van der Waals surface area contributed by atoms with Gasteiger partial charge in [0.1, 0.15) is 11.0 Å². The summed E-state index contributed by atoms with van der Waals surface area (Å²) < 4.78 is 0. The molecule has 0 spiro atoms. The third kappa shape index (κ3) is 2.15. The van der Waals surface area contributed by atoms with Crippen molar-refractivity contribution >= 4 is 17.5 Å². The standard InChI is InChI=1S/C6H9ClO/c1-6(2,3)5(7)4-8/h1-3H3. The van der Waals surface area contributed by atoms with Crippen LogP contribution in [0.3, 0.4) is 0 Å². The Balaban J connectivity index is 4.26. The van der Waals surface area contributed by atoms with Crippen molar-refractivity contribution in [2.75, 3.05) is 0 Å². The monoisotopic (exact) mass is 132 g/mol. The molecule has 0 fully saturated rings. The summed E-state index contributed by atoms with van der Waals surface area (Å²) in [6.45, 7) is 5.58. The average molecular weight is 133 g/mol. The smallest absolute Gasteiger partial charge is 0.140 e. The van der Waals surface area contributed by atoms with E-state index >= 15 is 0 Å². The van der Waals surface area contributed by atoms with Gasteiger partial charge in [-0.2, -0.15) is 0 Å². The van der Waals surface area contributed by atoms with Crippen LogP contribution in [0.2, 0.25) is 0 Å². The van der Waals surface area contributed by atoms with E-state index in [-0.39, 0.29) is 10.4 Å². The van der Waals surface area contributed by atoms with Crippen molar-refractivity contribution in [3.05, 3.63) is 5.03 Å². The quantitative estimate of drug-likeness (QED) is 0.461. The highest BCUT2D eigenvalue weighted by Crippen LogP contribution is 2.25. The highest BCUT2D eigenvalue weighted by molar-refractivity contribution is 6.33. The molecular formula is C6H9ClO. The molecule has 0 bridgehead atoms. The van der Waals surface area contributed by atoms with Crippen LogP contribution in [-0.2, 0) is 4.79 Å². The Hall–Kier alpha value is -0.260. The highest BCUT2D eigenvalue weighted by atomic mass is 35.5. The Kier molecular flexibility index (Phi) is 2.26. The van der Waals surface area contributed by atoms with Gasteiger partial charge in [-0.3, -0.25) is 0 Å². The van der Waals surface area contributed by atoms with E-state index in [1.165, 1.54) is 0 Å². The van der Waals surface area contributed by atoms with Crippen LogP contribution in [0.4, 0.5) is 0 Å². The fraction of sp³-hybridized carbons (Fsp3) is 0.667. The Morgan fingerprint density at radius 2 is 1.88 bits per heavy atom. The first-order chi connectivity index (χ1) is 3.48. The lowest BCUT2D eigenvalue weighted by Crippen LogP contribution is -2.04. The van der Waals surface area contributed by atoms with Crippen LogP contribution in [0.1, 0.15) is 20.8 Å². The molecule has 0 aliphatic rings. The fourth-order valence-corrected chi connectivity index (χ4v) is 0.153. The topological polar surface area (TPSA) is 17.1 Å². The molecule has 0 amide bonds. The van der Waals surface area contributed by atoms with Crippen LogP contribution in [-0.4, -0.2) is 5.94 Å². The molecule has 0 aromatic rings. The van der Waals surface area contributed by atoms with Crippen molar-refractivity contribution in [1.82, 2.24) is 0 Å². The van der Waals surface area contributed by atoms with Crippen LogP contribution < -0.4 is 0 Å². The Morgan fingerprint density at radius 1 is 1.50 bits per heavy atom. The second kappa shape index (κ2) is 2.34. The maximum absolute atomic E-state index is 9.86.